The second-order valence-electron chi connectivity index (χ2n) is 13.0. The maximum atomic E-state index is 12.8. The standard InChI is InChI=1S/C42H43N3O7/c1-48-39-22-31-20-21-45(25-32(31)23-40(39)49-2)26-37-24-38(29-10-8-28(27-46)9-11-29)52-41(51-37)30-12-14-33(15-13-30)43-42(47)44-34-16-18-36(19-17-34)50-35-6-4-3-5-7-35/h3-19,22-23,37-38,41,46H,20-21,24-27H2,1-2H3,(H2,43,44,47)/t37-,38+,41+/m1/s1. The molecule has 5 aromatic carbocycles. The molecule has 0 saturated carbocycles. The van der Waals surface area contributed by atoms with Crippen LogP contribution in [0.5, 0.6) is 23.0 Å². The predicted octanol–water partition coefficient (Wildman–Crippen LogP) is 8.24. The number of hydrogen-bond donors (Lipinski definition) is 3. The van der Waals surface area contributed by atoms with E-state index in [9.17, 15) is 9.90 Å². The molecule has 2 amide bonds. The Kier molecular flexibility index (Phi) is 11.0. The number of fused-ring (bicyclic) bond motifs is 1. The smallest absolute Gasteiger partial charge is 0.323 e. The van der Waals surface area contributed by atoms with Gasteiger partial charge in [-0.1, -0.05) is 54.6 Å². The highest BCUT2D eigenvalue weighted by atomic mass is 16.7. The molecule has 2 aliphatic rings. The fraction of sp³-hybridized carbons (Fsp3) is 0.262. The molecule has 0 aromatic heterocycles. The molecule has 2 heterocycles. The van der Waals surface area contributed by atoms with Gasteiger partial charge >= 0.3 is 6.03 Å². The Bertz CT molecular complexity index is 1940. The van der Waals surface area contributed by atoms with Crippen LogP contribution in [0.15, 0.2) is 115 Å². The monoisotopic (exact) mass is 701 g/mol. The molecule has 10 heteroatoms. The molecule has 7 rings (SSSR count). The molecule has 52 heavy (non-hydrogen) atoms. The van der Waals surface area contributed by atoms with E-state index in [4.69, 9.17) is 23.7 Å². The molecule has 10 nitrogen and oxygen atoms in total. The maximum Gasteiger partial charge on any atom is 0.323 e. The number of rotatable bonds is 11. The number of nitrogens with zero attached hydrogens (tertiary/aromatic N) is 1. The van der Waals surface area contributed by atoms with E-state index in [1.807, 2.05) is 91.0 Å². The van der Waals surface area contributed by atoms with Crippen molar-refractivity contribution in [2.45, 2.75) is 44.5 Å². The van der Waals surface area contributed by atoms with Gasteiger partial charge in [0.25, 0.3) is 0 Å². The van der Waals surface area contributed by atoms with Gasteiger partial charge in [0.1, 0.15) is 11.5 Å². The molecule has 0 bridgehead atoms. The van der Waals surface area contributed by atoms with Crippen LogP contribution in [-0.4, -0.2) is 49.5 Å². The zero-order valence-corrected chi connectivity index (χ0v) is 29.3. The van der Waals surface area contributed by atoms with Gasteiger partial charge < -0.3 is 39.4 Å². The van der Waals surface area contributed by atoms with Crippen LogP contribution in [-0.2, 0) is 29.0 Å². The Labute approximate surface area is 303 Å². The van der Waals surface area contributed by atoms with E-state index in [2.05, 4.69) is 27.7 Å². The Hall–Kier alpha value is -5.39. The second-order valence-corrected chi connectivity index (χ2v) is 13.0. The molecule has 5 aromatic rings. The normalized spacial score (nSPS) is 18.6. The summed E-state index contributed by atoms with van der Waals surface area (Å²) in [6.45, 7) is 2.41. The van der Waals surface area contributed by atoms with Gasteiger partial charge in [-0.3, -0.25) is 4.90 Å². The van der Waals surface area contributed by atoms with E-state index in [0.29, 0.717) is 23.5 Å². The van der Waals surface area contributed by atoms with Crippen molar-refractivity contribution in [3.8, 4) is 23.0 Å². The summed E-state index contributed by atoms with van der Waals surface area (Å²) in [5, 5.41) is 15.4. The van der Waals surface area contributed by atoms with Gasteiger partial charge in [-0.25, -0.2) is 4.79 Å². The van der Waals surface area contributed by atoms with Crippen LogP contribution >= 0.6 is 0 Å². The van der Waals surface area contributed by atoms with Crippen LogP contribution in [0.1, 0.15) is 46.6 Å². The lowest BCUT2D eigenvalue weighted by molar-refractivity contribution is -0.253. The van der Waals surface area contributed by atoms with E-state index in [0.717, 1.165) is 60.0 Å². The topological polar surface area (TPSA) is 111 Å². The van der Waals surface area contributed by atoms with Crippen molar-refractivity contribution in [2.75, 3.05) is 37.9 Å². The largest absolute Gasteiger partial charge is 0.493 e. The number of carbonyl (C=O) groups excluding carboxylic acids is 1. The van der Waals surface area contributed by atoms with E-state index < -0.39 is 6.29 Å². The summed E-state index contributed by atoms with van der Waals surface area (Å²) >= 11 is 0. The van der Waals surface area contributed by atoms with Crippen LogP contribution in [0.2, 0.25) is 0 Å². The van der Waals surface area contributed by atoms with Crippen molar-refractivity contribution in [3.63, 3.8) is 0 Å². The first-order valence-corrected chi connectivity index (χ1v) is 17.4. The number of benzene rings is 5. The van der Waals surface area contributed by atoms with Crippen molar-refractivity contribution in [1.82, 2.24) is 4.90 Å². The zero-order valence-electron chi connectivity index (χ0n) is 29.3. The van der Waals surface area contributed by atoms with Gasteiger partial charge in [-0.2, -0.15) is 0 Å². The highest BCUT2D eigenvalue weighted by Gasteiger charge is 2.34. The third-order valence-corrected chi connectivity index (χ3v) is 9.41. The summed E-state index contributed by atoms with van der Waals surface area (Å²) in [4.78, 5) is 15.2. The van der Waals surface area contributed by atoms with Crippen molar-refractivity contribution in [2.24, 2.45) is 0 Å². The lowest BCUT2D eigenvalue weighted by Crippen LogP contribution is -2.41. The summed E-state index contributed by atoms with van der Waals surface area (Å²) in [5.41, 5.74) is 6.50. The van der Waals surface area contributed by atoms with Gasteiger partial charge in [0.2, 0.25) is 0 Å². The SMILES string of the molecule is COc1cc2c(cc1OC)CN(C[C@H]1C[C@@H](c3ccc(CO)cc3)O[C@@H](c3ccc(NC(=O)Nc4ccc(Oc5ccccc5)cc4)cc3)O1)CC2. The van der Waals surface area contributed by atoms with Crippen LogP contribution in [0, 0.1) is 0 Å². The van der Waals surface area contributed by atoms with E-state index in [1.54, 1.807) is 26.4 Å². The van der Waals surface area contributed by atoms with Crippen LogP contribution in [0.25, 0.3) is 0 Å². The highest BCUT2D eigenvalue weighted by molar-refractivity contribution is 5.99. The highest BCUT2D eigenvalue weighted by Crippen LogP contribution is 2.39. The van der Waals surface area contributed by atoms with Crippen LogP contribution in [0.4, 0.5) is 16.2 Å². The van der Waals surface area contributed by atoms with E-state index in [-0.39, 0.29) is 24.8 Å². The average Bonchev–Trinajstić information content (AvgIpc) is 3.18. The first-order chi connectivity index (χ1) is 25.5. The maximum absolute atomic E-state index is 12.8. The number of ether oxygens (including phenoxy) is 5. The molecule has 0 aliphatic carbocycles. The van der Waals surface area contributed by atoms with E-state index >= 15 is 0 Å². The lowest BCUT2D eigenvalue weighted by Gasteiger charge is -2.39. The van der Waals surface area contributed by atoms with Crippen molar-refractivity contribution >= 4 is 17.4 Å². The first-order valence-electron chi connectivity index (χ1n) is 17.4. The third kappa shape index (κ3) is 8.55. The summed E-state index contributed by atoms with van der Waals surface area (Å²) in [6, 6.07) is 35.9. The molecule has 1 saturated heterocycles. The minimum absolute atomic E-state index is 0.0122. The molecule has 268 valence electrons. The number of aliphatic hydroxyl groups excluding tert-OH is 1. The minimum Gasteiger partial charge on any atom is -0.493 e. The fourth-order valence-corrected chi connectivity index (χ4v) is 6.67. The van der Waals surface area contributed by atoms with Gasteiger partial charge in [-0.05, 0) is 89.3 Å². The molecular formula is C42H43N3O7. The number of nitrogens with one attached hydrogen (secondary N) is 2. The second kappa shape index (κ2) is 16.3. The molecular weight excluding hydrogens is 658 g/mol. The van der Waals surface area contributed by atoms with Gasteiger partial charge in [0.15, 0.2) is 17.8 Å². The number of hydrogen-bond acceptors (Lipinski definition) is 8. The number of amides is 2. The van der Waals surface area contributed by atoms with E-state index in [1.165, 1.54) is 11.1 Å². The van der Waals surface area contributed by atoms with Gasteiger partial charge in [0, 0.05) is 43.0 Å². The summed E-state index contributed by atoms with van der Waals surface area (Å²) < 4.78 is 30.1. The lowest BCUT2D eigenvalue weighted by atomic mass is 9.97. The van der Waals surface area contributed by atoms with Crippen LogP contribution < -0.4 is 24.8 Å². The number of carbonyl (C=O) groups is 1. The minimum atomic E-state index is -0.609. The number of methoxy groups -OCH3 is 2. The Morgan fingerprint density at radius 1 is 0.769 bits per heavy atom. The molecule has 0 radical (unpaired) electrons. The number of anilines is 2. The molecule has 2 aliphatic heterocycles. The zero-order chi connectivity index (χ0) is 35.9. The number of urea groups is 1. The van der Waals surface area contributed by atoms with Crippen molar-refractivity contribution < 1.29 is 33.6 Å². The quantitative estimate of drug-likeness (QED) is 0.126. The fourth-order valence-electron chi connectivity index (χ4n) is 6.67. The molecule has 0 spiro atoms. The third-order valence-electron chi connectivity index (χ3n) is 9.41. The molecule has 3 atom stereocenters. The Balaban J connectivity index is 1.00. The van der Waals surface area contributed by atoms with Gasteiger partial charge in [0.05, 0.1) is 33.0 Å². The summed E-state index contributed by atoms with van der Waals surface area (Å²) in [5.74, 6) is 2.90. The predicted molar refractivity (Wildman–Crippen MR) is 199 cm³/mol. The van der Waals surface area contributed by atoms with Crippen molar-refractivity contribution in [3.05, 3.63) is 143 Å². The Morgan fingerprint density at radius 3 is 2.04 bits per heavy atom. The summed E-state index contributed by atoms with van der Waals surface area (Å²) in [6.07, 6.45) is 0.678. The number of aliphatic hydroxyl groups is 1. The summed E-state index contributed by atoms with van der Waals surface area (Å²) in [7, 11) is 3.33. The first kappa shape index (κ1) is 35.0. The van der Waals surface area contributed by atoms with Crippen LogP contribution in [0.3, 0.4) is 0 Å². The Morgan fingerprint density at radius 2 is 1.38 bits per heavy atom. The molecule has 3 N–H and O–H groups in total. The van der Waals surface area contributed by atoms with Gasteiger partial charge in [-0.15, -0.1) is 0 Å². The average molecular weight is 702 g/mol. The molecule has 0 unspecified atom stereocenters. The van der Waals surface area contributed by atoms with Crippen molar-refractivity contribution in [1.29, 1.82) is 0 Å². The molecule has 1 fully saturated rings. The number of para-hydroxylation sites is 1.